The van der Waals surface area contributed by atoms with Crippen molar-refractivity contribution in [1.29, 1.82) is 0 Å². The fourth-order valence-corrected chi connectivity index (χ4v) is 2.79. The van der Waals surface area contributed by atoms with Gasteiger partial charge in [0.2, 0.25) is 0 Å². The van der Waals surface area contributed by atoms with Crippen LogP contribution in [0.4, 0.5) is 5.69 Å². The Morgan fingerprint density at radius 3 is 2.90 bits per heavy atom. The second-order valence-corrected chi connectivity index (χ2v) is 5.80. The molecule has 0 spiro atoms. The summed E-state index contributed by atoms with van der Waals surface area (Å²) < 4.78 is 5.54. The van der Waals surface area contributed by atoms with Crippen LogP contribution in [0.25, 0.3) is 0 Å². The van der Waals surface area contributed by atoms with Gasteiger partial charge in [0.25, 0.3) is 0 Å². The van der Waals surface area contributed by atoms with E-state index in [2.05, 4.69) is 22.2 Å². The van der Waals surface area contributed by atoms with Gasteiger partial charge in [-0.3, -0.25) is 4.79 Å². The number of Topliss-reactive ketones (excluding diaryl/α,β-unsaturated/α-hetero) is 1. The number of carbonyl (C=O) groups is 1. The summed E-state index contributed by atoms with van der Waals surface area (Å²) in [5, 5.41) is 3.28. The zero-order valence-corrected chi connectivity index (χ0v) is 12.6. The maximum Gasteiger partial charge on any atom is 0.164 e. The highest BCUT2D eigenvalue weighted by molar-refractivity contribution is 5.97. The Morgan fingerprint density at radius 2 is 2.10 bits per heavy atom. The molecule has 1 aromatic carbocycles. The zero-order valence-electron chi connectivity index (χ0n) is 12.6. The molecule has 2 aliphatic rings. The predicted octanol–water partition coefficient (Wildman–Crippen LogP) is 1.31. The van der Waals surface area contributed by atoms with Gasteiger partial charge >= 0.3 is 0 Å². The Kier molecular flexibility index (Phi) is 4.41. The highest BCUT2D eigenvalue weighted by atomic mass is 16.5. The minimum atomic E-state index is 0.212. The van der Waals surface area contributed by atoms with Crippen molar-refractivity contribution in [2.75, 3.05) is 58.2 Å². The number of hydrogen-bond donors (Lipinski definition) is 1. The van der Waals surface area contributed by atoms with Crippen LogP contribution in [0.1, 0.15) is 16.8 Å². The molecule has 1 aromatic rings. The van der Waals surface area contributed by atoms with Crippen molar-refractivity contribution in [2.24, 2.45) is 0 Å². The van der Waals surface area contributed by atoms with Crippen LogP contribution < -0.4 is 10.1 Å². The molecule has 0 bridgehead atoms. The van der Waals surface area contributed by atoms with E-state index < -0.39 is 0 Å². The van der Waals surface area contributed by atoms with Crippen molar-refractivity contribution >= 4 is 11.5 Å². The van der Waals surface area contributed by atoms with Crippen molar-refractivity contribution in [3.05, 3.63) is 23.8 Å². The Hall–Kier alpha value is -1.59. The van der Waals surface area contributed by atoms with E-state index in [1.807, 2.05) is 18.2 Å². The minimum absolute atomic E-state index is 0.212. The smallest absolute Gasteiger partial charge is 0.164 e. The maximum atomic E-state index is 12.3. The van der Waals surface area contributed by atoms with Crippen LogP contribution >= 0.6 is 0 Å². The molecule has 2 aliphatic heterocycles. The summed E-state index contributed by atoms with van der Waals surface area (Å²) in [6, 6.07) is 5.68. The van der Waals surface area contributed by atoms with Crippen molar-refractivity contribution in [1.82, 2.24) is 9.80 Å². The number of nitrogens with zero attached hydrogens (tertiary/aromatic N) is 2. The lowest BCUT2D eigenvalue weighted by Gasteiger charge is -2.32. The summed E-state index contributed by atoms with van der Waals surface area (Å²) in [7, 11) is 2.14. The van der Waals surface area contributed by atoms with Gasteiger partial charge in [0.05, 0.1) is 5.69 Å². The first-order chi connectivity index (χ1) is 10.2. The number of likely N-dealkylation sites (N-methyl/N-ethyl adjacent to an activating group) is 1. The van der Waals surface area contributed by atoms with E-state index in [9.17, 15) is 4.79 Å². The Balaban J connectivity index is 1.55. The number of carbonyl (C=O) groups excluding carboxylic acids is 1. The van der Waals surface area contributed by atoms with Gasteiger partial charge in [0, 0.05) is 51.3 Å². The zero-order chi connectivity index (χ0) is 14.7. The predicted molar refractivity (Wildman–Crippen MR) is 83.3 cm³/mol. The average Bonchev–Trinajstić information content (AvgIpc) is 2.53. The topological polar surface area (TPSA) is 44.8 Å². The highest BCUT2D eigenvalue weighted by Crippen LogP contribution is 2.28. The molecular weight excluding hydrogens is 266 g/mol. The first kappa shape index (κ1) is 14.4. The molecule has 3 rings (SSSR count). The van der Waals surface area contributed by atoms with E-state index in [1.165, 1.54) is 0 Å². The lowest BCUT2D eigenvalue weighted by Crippen LogP contribution is -2.45. The number of nitrogens with one attached hydrogen (secondary N) is 1. The number of ketones is 1. The summed E-state index contributed by atoms with van der Waals surface area (Å²) in [5.74, 6) is 1.06. The van der Waals surface area contributed by atoms with Crippen LogP contribution in [0.3, 0.4) is 0 Å². The molecule has 5 heteroatoms. The Bertz CT molecular complexity index is 510. The van der Waals surface area contributed by atoms with Crippen LogP contribution in [0.2, 0.25) is 0 Å². The SMILES string of the molecule is CN1CCN(CCC(=O)c2ccc3c(c2)NCCO3)CC1. The summed E-state index contributed by atoms with van der Waals surface area (Å²) >= 11 is 0. The monoisotopic (exact) mass is 289 g/mol. The van der Waals surface area contributed by atoms with Crippen molar-refractivity contribution in [3.63, 3.8) is 0 Å². The van der Waals surface area contributed by atoms with E-state index in [4.69, 9.17) is 4.74 Å². The normalized spacial score (nSPS) is 19.5. The lowest BCUT2D eigenvalue weighted by atomic mass is 10.1. The second kappa shape index (κ2) is 6.45. The Labute approximate surface area is 125 Å². The molecule has 0 atom stereocenters. The minimum Gasteiger partial charge on any atom is -0.490 e. The maximum absolute atomic E-state index is 12.3. The van der Waals surface area contributed by atoms with Crippen LogP contribution in [-0.2, 0) is 0 Å². The van der Waals surface area contributed by atoms with Gasteiger partial charge < -0.3 is 19.9 Å². The molecule has 1 N–H and O–H groups in total. The molecule has 114 valence electrons. The molecule has 0 aliphatic carbocycles. The van der Waals surface area contributed by atoms with E-state index >= 15 is 0 Å². The molecule has 21 heavy (non-hydrogen) atoms. The molecule has 0 saturated carbocycles. The largest absolute Gasteiger partial charge is 0.490 e. The number of hydrogen-bond acceptors (Lipinski definition) is 5. The third-order valence-electron chi connectivity index (χ3n) is 4.23. The van der Waals surface area contributed by atoms with Crippen molar-refractivity contribution in [2.45, 2.75) is 6.42 Å². The number of fused-ring (bicyclic) bond motifs is 1. The fourth-order valence-electron chi connectivity index (χ4n) is 2.79. The van der Waals surface area contributed by atoms with Crippen molar-refractivity contribution < 1.29 is 9.53 Å². The van der Waals surface area contributed by atoms with Crippen LogP contribution in [0.5, 0.6) is 5.75 Å². The van der Waals surface area contributed by atoms with Crippen LogP contribution in [0.15, 0.2) is 18.2 Å². The lowest BCUT2D eigenvalue weighted by molar-refractivity contribution is 0.0942. The van der Waals surface area contributed by atoms with Gasteiger partial charge in [0.1, 0.15) is 12.4 Å². The molecule has 1 saturated heterocycles. The third kappa shape index (κ3) is 3.54. The summed E-state index contributed by atoms with van der Waals surface area (Å²) in [5.41, 5.74) is 1.72. The quantitative estimate of drug-likeness (QED) is 0.847. The fraction of sp³-hybridized carbons (Fsp3) is 0.562. The molecule has 1 fully saturated rings. The molecule has 2 heterocycles. The number of piperazine rings is 1. The molecule has 0 radical (unpaired) electrons. The molecule has 0 aromatic heterocycles. The first-order valence-corrected chi connectivity index (χ1v) is 7.67. The first-order valence-electron chi connectivity index (χ1n) is 7.67. The number of benzene rings is 1. The Morgan fingerprint density at radius 1 is 1.29 bits per heavy atom. The number of anilines is 1. The number of rotatable bonds is 4. The summed E-state index contributed by atoms with van der Waals surface area (Å²) in [4.78, 5) is 17.0. The van der Waals surface area contributed by atoms with E-state index in [0.717, 1.165) is 56.3 Å². The molecule has 0 unspecified atom stereocenters. The highest BCUT2D eigenvalue weighted by Gasteiger charge is 2.17. The van der Waals surface area contributed by atoms with Gasteiger partial charge in [-0.05, 0) is 25.2 Å². The molecule has 5 nitrogen and oxygen atoms in total. The standard InChI is InChI=1S/C16H23N3O2/c1-18-7-9-19(10-8-18)6-4-15(20)13-2-3-16-14(12-13)17-5-11-21-16/h2-3,12,17H,4-11H2,1H3. The molecule has 0 amide bonds. The average molecular weight is 289 g/mol. The second-order valence-electron chi connectivity index (χ2n) is 5.80. The van der Waals surface area contributed by atoms with Gasteiger partial charge in [-0.15, -0.1) is 0 Å². The third-order valence-corrected chi connectivity index (χ3v) is 4.23. The number of ether oxygens (including phenoxy) is 1. The van der Waals surface area contributed by atoms with Gasteiger partial charge in [-0.2, -0.15) is 0 Å². The van der Waals surface area contributed by atoms with Crippen LogP contribution in [0, 0.1) is 0 Å². The van der Waals surface area contributed by atoms with E-state index in [0.29, 0.717) is 13.0 Å². The van der Waals surface area contributed by atoms with Gasteiger partial charge in [-0.25, -0.2) is 0 Å². The summed E-state index contributed by atoms with van der Waals surface area (Å²) in [6.07, 6.45) is 0.587. The van der Waals surface area contributed by atoms with Crippen molar-refractivity contribution in [3.8, 4) is 5.75 Å². The van der Waals surface area contributed by atoms with Crippen LogP contribution in [-0.4, -0.2) is 68.5 Å². The van der Waals surface area contributed by atoms with Gasteiger partial charge in [-0.1, -0.05) is 0 Å². The van der Waals surface area contributed by atoms with E-state index in [1.54, 1.807) is 0 Å². The summed E-state index contributed by atoms with van der Waals surface area (Å²) in [6.45, 7) is 6.64. The molecular formula is C16H23N3O2. The van der Waals surface area contributed by atoms with Gasteiger partial charge in [0.15, 0.2) is 5.78 Å². The van der Waals surface area contributed by atoms with E-state index in [-0.39, 0.29) is 5.78 Å².